The maximum Gasteiger partial charge on any atom is 0.169 e. The third-order valence-corrected chi connectivity index (χ3v) is 4.56. The van der Waals surface area contributed by atoms with Gasteiger partial charge in [0.15, 0.2) is 5.78 Å². The lowest BCUT2D eigenvalue weighted by molar-refractivity contribution is 0.0791. The molecular formula is C15H19ClO. The number of halogens is 1. The number of hydrogen-bond acceptors (Lipinski definition) is 1. The highest BCUT2D eigenvalue weighted by Gasteiger charge is 2.39. The van der Waals surface area contributed by atoms with Crippen LogP contribution in [0.1, 0.15) is 54.9 Å². The standard InChI is InChI=1S/C15H19ClO/c1-3-15(8-4-5-9-15)14(17)12-7-6-11(2)13(16)10-12/h6-7,10H,3-5,8-9H2,1-2H3. The van der Waals surface area contributed by atoms with Crippen LogP contribution in [-0.4, -0.2) is 5.78 Å². The molecule has 0 heterocycles. The first-order chi connectivity index (χ1) is 8.09. The molecule has 0 bridgehead atoms. The molecule has 0 atom stereocenters. The zero-order valence-electron chi connectivity index (χ0n) is 10.6. The predicted molar refractivity (Wildman–Crippen MR) is 71.7 cm³/mol. The van der Waals surface area contributed by atoms with Gasteiger partial charge >= 0.3 is 0 Å². The van der Waals surface area contributed by atoms with Crippen LogP contribution >= 0.6 is 11.6 Å². The molecule has 0 N–H and O–H groups in total. The van der Waals surface area contributed by atoms with Crippen LogP contribution in [0.4, 0.5) is 0 Å². The summed E-state index contributed by atoms with van der Waals surface area (Å²) in [4.78, 5) is 12.6. The van der Waals surface area contributed by atoms with E-state index in [1.807, 2.05) is 25.1 Å². The normalized spacial score (nSPS) is 18.3. The van der Waals surface area contributed by atoms with E-state index in [4.69, 9.17) is 11.6 Å². The third-order valence-electron chi connectivity index (χ3n) is 4.15. The summed E-state index contributed by atoms with van der Waals surface area (Å²) < 4.78 is 0. The lowest BCUT2D eigenvalue weighted by Gasteiger charge is -2.25. The van der Waals surface area contributed by atoms with Crippen molar-refractivity contribution >= 4 is 17.4 Å². The molecule has 1 aliphatic rings. The summed E-state index contributed by atoms with van der Waals surface area (Å²) in [6.07, 6.45) is 5.37. The van der Waals surface area contributed by atoms with Crippen molar-refractivity contribution in [3.05, 3.63) is 34.3 Å². The largest absolute Gasteiger partial charge is 0.294 e. The molecule has 1 aromatic carbocycles. The predicted octanol–water partition coefficient (Wildman–Crippen LogP) is 4.80. The van der Waals surface area contributed by atoms with E-state index >= 15 is 0 Å². The number of aryl methyl sites for hydroxylation is 1. The fraction of sp³-hybridized carbons (Fsp3) is 0.533. The van der Waals surface area contributed by atoms with E-state index in [9.17, 15) is 4.79 Å². The fourth-order valence-electron chi connectivity index (χ4n) is 2.83. The molecule has 1 aliphatic carbocycles. The van der Waals surface area contributed by atoms with E-state index in [-0.39, 0.29) is 5.41 Å². The van der Waals surface area contributed by atoms with E-state index in [0.717, 1.165) is 30.4 Å². The zero-order valence-corrected chi connectivity index (χ0v) is 11.3. The van der Waals surface area contributed by atoms with Gasteiger partial charge in [-0.2, -0.15) is 0 Å². The Labute approximate surface area is 108 Å². The van der Waals surface area contributed by atoms with E-state index in [0.29, 0.717) is 10.8 Å². The molecule has 0 aromatic heterocycles. The average Bonchev–Trinajstić information content (AvgIpc) is 2.81. The monoisotopic (exact) mass is 250 g/mol. The summed E-state index contributed by atoms with van der Waals surface area (Å²) in [5.41, 5.74) is 1.70. The van der Waals surface area contributed by atoms with Gasteiger partial charge in [0, 0.05) is 16.0 Å². The number of rotatable bonds is 3. The summed E-state index contributed by atoms with van der Waals surface area (Å²) in [7, 11) is 0. The van der Waals surface area contributed by atoms with Gasteiger partial charge in [0.05, 0.1) is 0 Å². The molecule has 1 nitrogen and oxygen atoms in total. The van der Waals surface area contributed by atoms with Gasteiger partial charge in [0.2, 0.25) is 0 Å². The molecule has 2 heteroatoms. The smallest absolute Gasteiger partial charge is 0.169 e. The van der Waals surface area contributed by atoms with E-state index < -0.39 is 0 Å². The van der Waals surface area contributed by atoms with Gasteiger partial charge < -0.3 is 0 Å². The van der Waals surface area contributed by atoms with Crippen LogP contribution in [0.25, 0.3) is 0 Å². The van der Waals surface area contributed by atoms with Gasteiger partial charge in [-0.1, -0.05) is 43.5 Å². The minimum atomic E-state index is -0.113. The number of ketones is 1. The van der Waals surface area contributed by atoms with Crippen molar-refractivity contribution in [2.24, 2.45) is 5.41 Å². The Morgan fingerprint density at radius 3 is 2.53 bits per heavy atom. The molecular weight excluding hydrogens is 232 g/mol. The van der Waals surface area contributed by atoms with Crippen molar-refractivity contribution in [3.8, 4) is 0 Å². The van der Waals surface area contributed by atoms with Gasteiger partial charge in [0.25, 0.3) is 0 Å². The Morgan fingerprint density at radius 2 is 2.00 bits per heavy atom. The van der Waals surface area contributed by atoms with Crippen molar-refractivity contribution in [2.45, 2.75) is 46.0 Å². The molecule has 0 spiro atoms. The molecule has 0 amide bonds. The Morgan fingerprint density at radius 1 is 1.35 bits per heavy atom. The number of carbonyl (C=O) groups excluding carboxylic acids is 1. The maximum atomic E-state index is 12.6. The van der Waals surface area contributed by atoms with Crippen LogP contribution in [0.5, 0.6) is 0 Å². The van der Waals surface area contributed by atoms with E-state index in [2.05, 4.69) is 6.92 Å². The Bertz CT molecular complexity index is 431. The second kappa shape index (κ2) is 4.81. The molecule has 92 valence electrons. The molecule has 0 saturated heterocycles. The Kier molecular flexibility index (Phi) is 3.58. The minimum absolute atomic E-state index is 0.113. The highest BCUT2D eigenvalue weighted by atomic mass is 35.5. The lowest BCUT2D eigenvalue weighted by atomic mass is 9.76. The third kappa shape index (κ3) is 2.26. The van der Waals surface area contributed by atoms with Crippen molar-refractivity contribution in [3.63, 3.8) is 0 Å². The lowest BCUT2D eigenvalue weighted by Crippen LogP contribution is -2.27. The number of benzene rings is 1. The molecule has 2 rings (SSSR count). The maximum absolute atomic E-state index is 12.6. The van der Waals surface area contributed by atoms with E-state index in [1.165, 1.54) is 12.8 Å². The summed E-state index contributed by atoms with van der Waals surface area (Å²) in [6.45, 7) is 4.08. The van der Waals surface area contributed by atoms with Gasteiger partial charge in [-0.3, -0.25) is 4.79 Å². The summed E-state index contributed by atoms with van der Waals surface area (Å²) >= 11 is 6.10. The number of carbonyl (C=O) groups is 1. The molecule has 1 saturated carbocycles. The first-order valence-corrected chi connectivity index (χ1v) is 6.78. The quantitative estimate of drug-likeness (QED) is 0.704. The summed E-state index contributed by atoms with van der Waals surface area (Å²) in [5.74, 6) is 0.291. The van der Waals surface area contributed by atoms with Gasteiger partial charge in [-0.15, -0.1) is 0 Å². The van der Waals surface area contributed by atoms with E-state index in [1.54, 1.807) is 0 Å². The molecule has 0 radical (unpaired) electrons. The number of Topliss-reactive ketones (excluding diaryl/α,β-unsaturated/α-hetero) is 1. The SMILES string of the molecule is CCC1(C(=O)c2ccc(C)c(Cl)c2)CCCC1. The van der Waals surface area contributed by atoms with Crippen molar-refractivity contribution < 1.29 is 4.79 Å². The van der Waals surface area contributed by atoms with Crippen LogP contribution in [0.3, 0.4) is 0 Å². The van der Waals surface area contributed by atoms with Gasteiger partial charge in [-0.05, 0) is 37.8 Å². The van der Waals surface area contributed by atoms with Gasteiger partial charge in [-0.25, -0.2) is 0 Å². The molecule has 1 aromatic rings. The van der Waals surface area contributed by atoms with Crippen LogP contribution in [-0.2, 0) is 0 Å². The van der Waals surface area contributed by atoms with Crippen molar-refractivity contribution in [1.82, 2.24) is 0 Å². The van der Waals surface area contributed by atoms with Crippen LogP contribution in [0.15, 0.2) is 18.2 Å². The van der Waals surface area contributed by atoms with Crippen LogP contribution in [0.2, 0.25) is 5.02 Å². The second-order valence-electron chi connectivity index (χ2n) is 5.13. The summed E-state index contributed by atoms with van der Waals surface area (Å²) in [6, 6.07) is 5.68. The zero-order chi connectivity index (χ0) is 12.5. The first kappa shape index (κ1) is 12.6. The molecule has 0 unspecified atom stereocenters. The van der Waals surface area contributed by atoms with Crippen LogP contribution < -0.4 is 0 Å². The molecule has 17 heavy (non-hydrogen) atoms. The highest BCUT2D eigenvalue weighted by Crippen LogP contribution is 2.43. The highest BCUT2D eigenvalue weighted by molar-refractivity contribution is 6.31. The average molecular weight is 251 g/mol. The topological polar surface area (TPSA) is 17.1 Å². The fourth-order valence-corrected chi connectivity index (χ4v) is 3.01. The first-order valence-electron chi connectivity index (χ1n) is 6.40. The summed E-state index contributed by atoms with van der Waals surface area (Å²) in [5, 5.41) is 0.695. The Hall–Kier alpha value is -0.820. The number of hydrogen-bond donors (Lipinski definition) is 0. The van der Waals surface area contributed by atoms with Crippen molar-refractivity contribution in [2.75, 3.05) is 0 Å². The minimum Gasteiger partial charge on any atom is -0.294 e. The molecule has 1 fully saturated rings. The molecule has 0 aliphatic heterocycles. The second-order valence-corrected chi connectivity index (χ2v) is 5.54. The van der Waals surface area contributed by atoms with Crippen molar-refractivity contribution in [1.29, 1.82) is 0 Å². The Balaban J connectivity index is 2.32. The van der Waals surface area contributed by atoms with Crippen LogP contribution in [0, 0.1) is 12.3 Å². The van der Waals surface area contributed by atoms with Gasteiger partial charge in [0.1, 0.15) is 0 Å².